The lowest BCUT2D eigenvalue weighted by atomic mass is 9.79. The maximum Gasteiger partial charge on any atom is 0.313 e. The fourth-order valence-corrected chi connectivity index (χ4v) is 1.96. The van der Waals surface area contributed by atoms with E-state index in [1.165, 1.54) is 0 Å². The Bertz CT molecular complexity index is 289. The predicted octanol–water partition coefficient (Wildman–Crippen LogP) is 3.10. The summed E-state index contributed by atoms with van der Waals surface area (Å²) < 4.78 is 5.07. The molecule has 0 aromatic rings. The van der Waals surface area contributed by atoms with E-state index in [-0.39, 0.29) is 11.9 Å². The second-order valence-corrected chi connectivity index (χ2v) is 4.27. The molecule has 0 saturated carbocycles. The van der Waals surface area contributed by atoms with Crippen LogP contribution in [0.4, 0.5) is 0 Å². The average Bonchev–Trinajstić information content (AvgIpc) is 2.18. The molecule has 1 aliphatic rings. The molecule has 0 aromatic carbocycles. The lowest BCUT2D eigenvalue weighted by Crippen LogP contribution is -2.25. The zero-order chi connectivity index (χ0) is 11.4. The Morgan fingerprint density at radius 2 is 2.33 bits per heavy atom. The van der Waals surface area contributed by atoms with Crippen LogP contribution in [0.2, 0.25) is 0 Å². The van der Waals surface area contributed by atoms with Crippen LogP contribution in [-0.2, 0) is 9.53 Å². The summed E-state index contributed by atoms with van der Waals surface area (Å²) >= 11 is 0. The van der Waals surface area contributed by atoms with Crippen LogP contribution >= 0.6 is 0 Å². The van der Waals surface area contributed by atoms with Gasteiger partial charge in [0.2, 0.25) is 0 Å². The first-order valence-electron chi connectivity index (χ1n) is 5.55. The van der Waals surface area contributed by atoms with E-state index in [1.807, 2.05) is 20.8 Å². The van der Waals surface area contributed by atoms with Gasteiger partial charge in [0.1, 0.15) is 0 Å². The standard InChI is InChI=1S/C13H20O2/c1-5-15-13(14)12-8-11(9(2)3)7-6-10(12)4/h6,11-12H,2,5,7-8H2,1,3-4H3. The van der Waals surface area contributed by atoms with Crippen LogP contribution in [-0.4, -0.2) is 12.6 Å². The number of carbonyl (C=O) groups excluding carboxylic acids is 1. The van der Waals surface area contributed by atoms with Crippen LogP contribution in [0.25, 0.3) is 0 Å². The van der Waals surface area contributed by atoms with Crippen molar-refractivity contribution in [2.24, 2.45) is 11.8 Å². The third kappa shape index (κ3) is 2.95. The van der Waals surface area contributed by atoms with E-state index < -0.39 is 0 Å². The van der Waals surface area contributed by atoms with Crippen LogP contribution < -0.4 is 0 Å². The monoisotopic (exact) mass is 208 g/mol. The molecule has 0 fully saturated rings. The van der Waals surface area contributed by atoms with E-state index in [2.05, 4.69) is 12.7 Å². The van der Waals surface area contributed by atoms with Gasteiger partial charge in [-0.3, -0.25) is 4.79 Å². The maximum absolute atomic E-state index is 11.7. The average molecular weight is 208 g/mol. The Hall–Kier alpha value is -1.05. The normalized spacial score (nSPS) is 25.7. The summed E-state index contributed by atoms with van der Waals surface area (Å²) in [6.45, 7) is 10.3. The minimum atomic E-state index is -0.0859. The molecule has 1 aliphatic carbocycles. The summed E-state index contributed by atoms with van der Waals surface area (Å²) in [6.07, 6.45) is 4.01. The molecular weight excluding hydrogens is 188 g/mol. The van der Waals surface area contributed by atoms with Crippen molar-refractivity contribution < 1.29 is 9.53 Å². The molecule has 1 rings (SSSR count). The van der Waals surface area contributed by atoms with Crippen molar-refractivity contribution in [3.63, 3.8) is 0 Å². The summed E-state index contributed by atoms with van der Waals surface area (Å²) in [5.41, 5.74) is 2.30. The van der Waals surface area contributed by atoms with Crippen LogP contribution in [0.3, 0.4) is 0 Å². The van der Waals surface area contributed by atoms with E-state index >= 15 is 0 Å². The fraction of sp³-hybridized carbons (Fsp3) is 0.615. The van der Waals surface area contributed by atoms with Crippen LogP contribution in [0.5, 0.6) is 0 Å². The minimum absolute atomic E-state index is 0.0552. The third-order valence-electron chi connectivity index (χ3n) is 3.06. The van der Waals surface area contributed by atoms with Gasteiger partial charge in [0, 0.05) is 0 Å². The van der Waals surface area contributed by atoms with Crippen LogP contribution in [0.15, 0.2) is 23.8 Å². The molecule has 2 atom stereocenters. The number of carbonyl (C=O) groups is 1. The second-order valence-electron chi connectivity index (χ2n) is 4.27. The Balaban J connectivity index is 2.71. The molecule has 2 heteroatoms. The van der Waals surface area contributed by atoms with E-state index in [0.717, 1.165) is 24.0 Å². The largest absolute Gasteiger partial charge is 0.466 e. The number of esters is 1. The predicted molar refractivity (Wildman–Crippen MR) is 61.4 cm³/mol. The molecule has 0 heterocycles. The lowest BCUT2D eigenvalue weighted by Gasteiger charge is -2.27. The van der Waals surface area contributed by atoms with Gasteiger partial charge in [0.05, 0.1) is 12.5 Å². The highest BCUT2D eigenvalue weighted by Crippen LogP contribution is 2.33. The number of hydrogen-bond acceptors (Lipinski definition) is 2. The molecule has 0 radical (unpaired) electrons. The van der Waals surface area contributed by atoms with E-state index in [0.29, 0.717) is 12.5 Å². The summed E-state index contributed by atoms with van der Waals surface area (Å²) in [5.74, 6) is 0.292. The van der Waals surface area contributed by atoms with Crippen molar-refractivity contribution in [3.8, 4) is 0 Å². The number of rotatable bonds is 3. The van der Waals surface area contributed by atoms with Crippen molar-refractivity contribution >= 4 is 5.97 Å². The molecule has 0 aromatic heterocycles. The van der Waals surface area contributed by atoms with Gasteiger partial charge >= 0.3 is 5.97 Å². The topological polar surface area (TPSA) is 26.3 Å². The minimum Gasteiger partial charge on any atom is -0.466 e. The highest BCUT2D eigenvalue weighted by Gasteiger charge is 2.28. The Labute approximate surface area is 92.0 Å². The summed E-state index contributed by atoms with van der Waals surface area (Å²) in [7, 11) is 0. The first-order chi connectivity index (χ1) is 7.06. The Morgan fingerprint density at radius 3 is 2.87 bits per heavy atom. The van der Waals surface area contributed by atoms with Crippen LogP contribution in [0.1, 0.15) is 33.6 Å². The zero-order valence-corrected chi connectivity index (χ0v) is 9.88. The lowest BCUT2D eigenvalue weighted by molar-refractivity contribution is -0.147. The molecule has 0 aliphatic heterocycles. The van der Waals surface area contributed by atoms with Gasteiger partial charge in [0.25, 0.3) is 0 Å². The first kappa shape index (κ1) is 12.0. The summed E-state index contributed by atoms with van der Waals surface area (Å²) in [6, 6.07) is 0. The highest BCUT2D eigenvalue weighted by atomic mass is 16.5. The molecule has 0 N–H and O–H groups in total. The molecule has 2 unspecified atom stereocenters. The summed E-state index contributed by atoms with van der Waals surface area (Å²) in [4.78, 5) is 11.7. The number of allylic oxidation sites excluding steroid dienone is 2. The SMILES string of the molecule is C=C(C)C1CC=C(C)C(C(=O)OCC)C1. The molecule has 2 nitrogen and oxygen atoms in total. The van der Waals surface area contributed by atoms with Crippen molar-refractivity contribution in [3.05, 3.63) is 23.8 Å². The molecule has 0 amide bonds. The van der Waals surface area contributed by atoms with Crippen molar-refractivity contribution in [1.29, 1.82) is 0 Å². The van der Waals surface area contributed by atoms with E-state index in [4.69, 9.17) is 4.74 Å². The van der Waals surface area contributed by atoms with Crippen molar-refractivity contribution in [1.82, 2.24) is 0 Å². The van der Waals surface area contributed by atoms with Gasteiger partial charge in [-0.1, -0.05) is 23.8 Å². The quantitative estimate of drug-likeness (QED) is 0.526. The number of hydrogen-bond donors (Lipinski definition) is 0. The van der Waals surface area contributed by atoms with Crippen molar-refractivity contribution in [2.75, 3.05) is 6.61 Å². The zero-order valence-electron chi connectivity index (χ0n) is 9.88. The first-order valence-corrected chi connectivity index (χ1v) is 5.55. The van der Waals surface area contributed by atoms with Gasteiger partial charge in [-0.2, -0.15) is 0 Å². The number of ether oxygens (including phenoxy) is 1. The van der Waals surface area contributed by atoms with Crippen molar-refractivity contribution in [2.45, 2.75) is 33.6 Å². The van der Waals surface area contributed by atoms with Crippen LogP contribution in [0, 0.1) is 11.8 Å². The Morgan fingerprint density at radius 1 is 1.67 bits per heavy atom. The van der Waals surface area contributed by atoms with Gasteiger partial charge in [0.15, 0.2) is 0 Å². The van der Waals surface area contributed by atoms with E-state index in [9.17, 15) is 4.79 Å². The molecule has 0 spiro atoms. The molecule has 15 heavy (non-hydrogen) atoms. The van der Waals surface area contributed by atoms with Gasteiger partial charge in [-0.25, -0.2) is 0 Å². The summed E-state index contributed by atoms with van der Waals surface area (Å²) in [5, 5.41) is 0. The maximum atomic E-state index is 11.7. The molecular formula is C13H20O2. The van der Waals surface area contributed by atoms with Gasteiger partial charge in [-0.15, -0.1) is 0 Å². The smallest absolute Gasteiger partial charge is 0.313 e. The molecule has 84 valence electrons. The third-order valence-corrected chi connectivity index (χ3v) is 3.06. The molecule has 0 bridgehead atoms. The van der Waals surface area contributed by atoms with Gasteiger partial charge in [-0.05, 0) is 39.5 Å². The fourth-order valence-electron chi connectivity index (χ4n) is 1.96. The Kier molecular flexibility index (Phi) is 4.13. The highest BCUT2D eigenvalue weighted by molar-refractivity contribution is 5.76. The van der Waals surface area contributed by atoms with E-state index in [1.54, 1.807) is 0 Å². The van der Waals surface area contributed by atoms with Gasteiger partial charge < -0.3 is 4.74 Å². The molecule has 0 saturated heterocycles. The second kappa shape index (κ2) is 5.15.